The van der Waals surface area contributed by atoms with Crippen molar-refractivity contribution in [1.29, 1.82) is 0 Å². The van der Waals surface area contributed by atoms with Gasteiger partial charge in [0, 0.05) is 5.92 Å². The molecule has 6 unspecified atom stereocenters. The first-order valence-electron chi connectivity index (χ1n) is 12.6. The molecule has 15 heteroatoms. The normalized spacial score (nSPS) is 48.7. The van der Waals surface area contributed by atoms with Crippen molar-refractivity contribution in [3.63, 3.8) is 0 Å². The lowest BCUT2D eigenvalue weighted by atomic mass is 9.91. The van der Waals surface area contributed by atoms with E-state index in [1.807, 2.05) is 0 Å². The molecule has 0 saturated carbocycles. The SMILES string of the molecule is CC1[C@H](OC(C)(C)C)OC(CO)[C@@H](O[C@@H]2OC(CO)[C@H](O)[C@H](O[C@H]3OC(CO)[C@H](O)[C@H](O)C3O)C2O)[C@@H]1O. The van der Waals surface area contributed by atoms with Crippen molar-refractivity contribution in [2.24, 2.45) is 5.92 Å². The van der Waals surface area contributed by atoms with E-state index < -0.39 is 117 Å². The topological polar surface area (TPSA) is 237 Å². The fraction of sp³-hybridized carbons (Fsp3) is 1.00. The van der Waals surface area contributed by atoms with Crippen LogP contribution < -0.4 is 0 Å². The lowest BCUT2D eigenvalue weighted by Crippen LogP contribution is -2.66. The van der Waals surface area contributed by atoms with Gasteiger partial charge >= 0.3 is 0 Å². The lowest BCUT2D eigenvalue weighted by Gasteiger charge is -2.49. The summed E-state index contributed by atoms with van der Waals surface area (Å²) in [6.45, 7) is 4.99. The second-order valence-electron chi connectivity index (χ2n) is 10.9. The van der Waals surface area contributed by atoms with Gasteiger partial charge in [-0.15, -0.1) is 0 Å². The van der Waals surface area contributed by atoms with Crippen molar-refractivity contribution < 1.29 is 74.4 Å². The zero-order chi connectivity index (χ0) is 28.5. The summed E-state index contributed by atoms with van der Waals surface area (Å²) in [7, 11) is 0. The van der Waals surface area contributed by atoms with Crippen molar-refractivity contribution in [1.82, 2.24) is 0 Å². The van der Waals surface area contributed by atoms with E-state index in [0.717, 1.165) is 0 Å². The van der Waals surface area contributed by atoms with Crippen molar-refractivity contribution in [2.45, 2.75) is 119 Å². The van der Waals surface area contributed by atoms with E-state index >= 15 is 0 Å². The molecule has 15 atom stereocenters. The molecule has 0 aromatic carbocycles. The van der Waals surface area contributed by atoms with Crippen LogP contribution in [0, 0.1) is 5.92 Å². The maximum atomic E-state index is 11.0. The Labute approximate surface area is 220 Å². The largest absolute Gasteiger partial charge is 0.394 e. The van der Waals surface area contributed by atoms with Gasteiger partial charge in [-0.3, -0.25) is 0 Å². The van der Waals surface area contributed by atoms with E-state index in [2.05, 4.69) is 0 Å². The van der Waals surface area contributed by atoms with Gasteiger partial charge in [-0.25, -0.2) is 0 Å². The Kier molecular flexibility index (Phi) is 10.9. The van der Waals surface area contributed by atoms with Crippen LogP contribution >= 0.6 is 0 Å². The monoisotopic (exact) mass is 558 g/mol. The maximum Gasteiger partial charge on any atom is 0.187 e. The van der Waals surface area contributed by atoms with Crippen molar-refractivity contribution in [2.75, 3.05) is 19.8 Å². The third kappa shape index (κ3) is 6.82. The molecule has 0 aliphatic carbocycles. The number of ether oxygens (including phenoxy) is 6. The van der Waals surface area contributed by atoms with Gasteiger partial charge in [0.05, 0.1) is 31.5 Å². The molecule has 15 nitrogen and oxygen atoms in total. The van der Waals surface area contributed by atoms with Gasteiger partial charge < -0.3 is 74.4 Å². The molecule has 0 amide bonds. The van der Waals surface area contributed by atoms with Gasteiger partial charge in [-0.2, -0.15) is 0 Å². The molecule has 0 spiro atoms. The van der Waals surface area contributed by atoms with E-state index in [-0.39, 0.29) is 0 Å². The minimum atomic E-state index is -1.82. The third-order valence-electron chi connectivity index (χ3n) is 6.88. The number of hydrogen-bond donors (Lipinski definition) is 9. The molecule has 224 valence electrons. The van der Waals surface area contributed by atoms with Gasteiger partial charge in [-0.05, 0) is 20.8 Å². The molecule has 0 radical (unpaired) electrons. The molecule has 3 fully saturated rings. The van der Waals surface area contributed by atoms with Crippen LogP contribution in [0.15, 0.2) is 0 Å². The Balaban J connectivity index is 1.77. The minimum Gasteiger partial charge on any atom is -0.394 e. The Hall–Kier alpha value is -0.600. The highest BCUT2D eigenvalue weighted by Crippen LogP contribution is 2.35. The Bertz CT molecular complexity index is 732. The maximum absolute atomic E-state index is 11.0. The summed E-state index contributed by atoms with van der Waals surface area (Å²) in [5.41, 5.74) is -0.617. The van der Waals surface area contributed by atoms with Crippen molar-refractivity contribution in [3.8, 4) is 0 Å². The van der Waals surface area contributed by atoms with Gasteiger partial charge in [-0.1, -0.05) is 6.92 Å². The first-order valence-corrected chi connectivity index (χ1v) is 12.6. The van der Waals surface area contributed by atoms with Crippen LogP contribution in [0.3, 0.4) is 0 Å². The smallest absolute Gasteiger partial charge is 0.187 e. The van der Waals surface area contributed by atoms with Gasteiger partial charge in [0.1, 0.15) is 61.0 Å². The summed E-state index contributed by atoms with van der Waals surface area (Å²) in [6.07, 6.45) is -20.8. The standard InChI is InChI=1S/C23H42O15/c1-8-12(27)18(11(7-26)35-20(8)38-23(2,3)4)36-22-17(32)19(14(29)10(6-25)34-22)37-21-16(31)15(30)13(28)9(5-24)33-21/h8-22,24-32H,5-7H2,1-4H3/t8?,9?,10?,11?,12-,13+,14+,15+,16?,17?,18-,19+,20+,21-,22+/m1/s1. The molecule has 3 heterocycles. The van der Waals surface area contributed by atoms with Crippen LogP contribution in [0.2, 0.25) is 0 Å². The molecule has 9 N–H and O–H groups in total. The zero-order valence-electron chi connectivity index (χ0n) is 21.8. The van der Waals surface area contributed by atoms with E-state index in [4.69, 9.17) is 28.4 Å². The van der Waals surface area contributed by atoms with E-state index in [0.29, 0.717) is 0 Å². The number of hydrogen-bond acceptors (Lipinski definition) is 15. The van der Waals surface area contributed by atoms with Crippen LogP contribution in [0.5, 0.6) is 0 Å². The van der Waals surface area contributed by atoms with E-state index in [1.54, 1.807) is 27.7 Å². The number of rotatable bonds is 8. The van der Waals surface area contributed by atoms with Crippen LogP contribution in [0.4, 0.5) is 0 Å². The van der Waals surface area contributed by atoms with Crippen molar-refractivity contribution in [3.05, 3.63) is 0 Å². The number of aliphatic hydroxyl groups excluding tert-OH is 9. The van der Waals surface area contributed by atoms with Gasteiger partial charge in [0.15, 0.2) is 18.9 Å². The first kappa shape index (κ1) is 31.9. The zero-order valence-corrected chi connectivity index (χ0v) is 21.8. The van der Waals surface area contributed by atoms with Crippen LogP contribution in [0.1, 0.15) is 27.7 Å². The molecule has 3 aliphatic rings. The Morgan fingerprint density at radius 3 is 1.55 bits per heavy atom. The highest BCUT2D eigenvalue weighted by atomic mass is 16.8. The van der Waals surface area contributed by atoms with Gasteiger partial charge in [0.2, 0.25) is 0 Å². The molecule has 3 aliphatic heterocycles. The van der Waals surface area contributed by atoms with E-state index in [1.165, 1.54) is 0 Å². The molecule has 3 rings (SSSR count). The summed E-state index contributed by atoms with van der Waals surface area (Å²) in [5.74, 6) is -0.636. The Morgan fingerprint density at radius 2 is 1.03 bits per heavy atom. The fourth-order valence-electron chi connectivity index (χ4n) is 4.67. The average Bonchev–Trinajstić information content (AvgIpc) is 2.86. The Morgan fingerprint density at radius 1 is 0.553 bits per heavy atom. The fourth-order valence-corrected chi connectivity index (χ4v) is 4.67. The number of aliphatic hydroxyl groups is 9. The minimum absolute atomic E-state index is 0.585. The summed E-state index contributed by atoms with van der Waals surface area (Å²) in [4.78, 5) is 0. The summed E-state index contributed by atoms with van der Waals surface area (Å²) in [5, 5.41) is 92.0. The molecule has 3 saturated heterocycles. The van der Waals surface area contributed by atoms with Gasteiger partial charge in [0.25, 0.3) is 0 Å². The lowest BCUT2D eigenvalue weighted by molar-refractivity contribution is -0.380. The highest BCUT2D eigenvalue weighted by molar-refractivity contribution is 4.96. The van der Waals surface area contributed by atoms with Crippen LogP contribution in [0.25, 0.3) is 0 Å². The average molecular weight is 559 g/mol. The molecular weight excluding hydrogens is 516 g/mol. The predicted octanol–water partition coefficient (Wildman–Crippen LogP) is -4.47. The second kappa shape index (κ2) is 12.9. The van der Waals surface area contributed by atoms with Crippen molar-refractivity contribution >= 4 is 0 Å². The third-order valence-corrected chi connectivity index (χ3v) is 6.88. The molecule has 0 aromatic heterocycles. The molecular formula is C23H42O15. The predicted molar refractivity (Wildman–Crippen MR) is 123 cm³/mol. The van der Waals surface area contributed by atoms with Crippen LogP contribution in [-0.4, -0.2) is 157 Å². The quantitative estimate of drug-likeness (QED) is 0.136. The first-order chi connectivity index (χ1) is 17.7. The summed E-state index contributed by atoms with van der Waals surface area (Å²) < 4.78 is 33.8. The summed E-state index contributed by atoms with van der Waals surface area (Å²) >= 11 is 0. The second-order valence-corrected chi connectivity index (χ2v) is 10.9. The molecule has 0 bridgehead atoms. The summed E-state index contributed by atoms with van der Waals surface area (Å²) in [6, 6.07) is 0. The van der Waals surface area contributed by atoms with Crippen LogP contribution in [-0.2, 0) is 28.4 Å². The molecule has 0 aromatic rings. The molecule has 38 heavy (non-hydrogen) atoms. The highest BCUT2D eigenvalue weighted by Gasteiger charge is 2.53. The van der Waals surface area contributed by atoms with E-state index in [9.17, 15) is 46.0 Å².